The molecule has 3 rings (SSSR count). The average molecular weight is 272 g/mol. The minimum Gasteiger partial charge on any atom is -0.337 e. The van der Waals surface area contributed by atoms with Crippen molar-refractivity contribution in [1.29, 1.82) is 0 Å². The van der Waals surface area contributed by atoms with Gasteiger partial charge in [0.15, 0.2) is 5.82 Å². The summed E-state index contributed by atoms with van der Waals surface area (Å²) in [5, 5.41) is 3.91. The Kier molecular flexibility index (Phi) is 3.14. The van der Waals surface area contributed by atoms with Gasteiger partial charge in [0.05, 0.1) is 11.0 Å². The molecule has 1 aromatic carbocycles. The molecule has 0 aliphatic carbocycles. The zero-order valence-corrected chi connectivity index (χ0v) is 11.5. The molecule has 0 spiro atoms. The van der Waals surface area contributed by atoms with Crippen LogP contribution in [0.5, 0.6) is 0 Å². The second kappa shape index (κ2) is 4.96. The van der Waals surface area contributed by atoms with E-state index in [2.05, 4.69) is 17.1 Å². The van der Waals surface area contributed by atoms with E-state index in [0.29, 0.717) is 18.3 Å². The number of hydrogen-bond acceptors (Lipinski definition) is 4. The summed E-state index contributed by atoms with van der Waals surface area (Å²) >= 11 is 0. The maximum atomic E-state index is 12.3. The largest absolute Gasteiger partial charge is 0.337 e. The van der Waals surface area contributed by atoms with E-state index in [-0.39, 0.29) is 5.69 Å². The number of aryl methyl sites for hydroxylation is 2. The first kappa shape index (κ1) is 12.7. The number of aromatic nitrogens is 4. The molecule has 0 N–H and O–H groups in total. The summed E-state index contributed by atoms with van der Waals surface area (Å²) in [7, 11) is 1.76. The highest BCUT2D eigenvalue weighted by atomic mass is 16.5. The number of nitrogens with zero attached hydrogens (tertiary/aromatic N) is 4. The van der Waals surface area contributed by atoms with Crippen molar-refractivity contribution in [3.63, 3.8) is 0 Å². The lowest BCUT2D eigenvalue weighted by atomic mass is 10.3. The minimum atomic E-state index is -0.0820. The van der Waals surface area contributed by atoms with E-state index in [1.807, 2.05) is 24.3 Å². The summed E-state index contributed by atoms with van der Waals surface area (Å²) < 4.78 is 8.48. The van der Waals surface area contributed by atoms with Gasteiger partial charge in [0.25, 0.3) is 0 Å². The van der Waals surface area contributed by atoms with Gasteiger partial charge < -0.3 is 4.52 Å². The Morgan fingerprint density at radius 1 is 1.25 bits per heavy atom. The Hall–Kier alpha value is -2.37. The van der Waals surface area contributed by atoms with E-state index in [0.717, 1.165) is 23.9 Å². The third-order valence-electron chi connectivity index (χ3n) is 3.33. The molecule has 0 saturated heterocycles. The molecule has 0 unspecified atom stereocenters. The molecule has 0 aliphatic heterocycles. The second-order valence-corrected chi connectivity index (χ2v) is 4.77. The SMILES string of the molecule is CCCc1noc(Cn2c(=O)n(C)c3ccccc32)n1. The van der Waals surface area contributed by atoms with Gasteiger partial charge in [0.2, 0.25) is 5.89 Å². The number of benzene rings is 1. The third kappa shape index (κ3) is 2.03. The van der Waals surface area contributed by atoms with Gasteiger partial charge in [0, 0.05) is 13.5 Å². The van der Waals surface area contributed by atoms with Crippen molar-refractivity contribution in [1.82, 2.24) is 19.3 Å². The van der Waals surface area contributed by atoms with Gasteiger partial charge in [0.1, 0.15) is 6.54 Å². The maximum absolute atomic E-state index is 12.3. The normalized spacial score (nSPS) is 11.3. The number of para-hydroxylation sites is 2. The molecular weight excluding hydrogens is 256 g/mol. The van der Waals surface area contributed by atoms with Crippen molar-refractivity contribution >= 4 is 11.0 Å². The molecule has 0 saturated carbocycles. The van der Waals surface area contributed by atoms with Crippen LogP contribution >= 0.6 is 0 Å². The van der Waals surface area contributed by atoms with Crippen molar-refractivity contribution in [3.8, 4) is 0 Å². The molecule has 0 atom stereocenters. The summed E-state index contributed by atoms with van der Waals surface area (Å²) in [6.07, 6.45) is 1.75. The first-order valence-electron chi connectivity index (χ1n) is 6.66. The number of imidazole rings is 1. The summed E-state index contributed by atoms with van der Waals surface area (Å²) in [5.74, 6) is 1.16. The maximum Gasteiger partial charge on any atom is 0.329 e. The molecule has 0 radical (unpaired) electrons. The Morgan fingerprint density at radius 2 is 2.00 bits per heavy atom. The number of rotatable bonds is 4. The van der Waals surface area contributed by atoms with Crippen molar-refractivity contribution in [2.45, 2.75) is 26.3 Å². The van der Waals surface area contributed by atoms with E-state index in [1.54, 1.807) is 16.2 Å². The van der Waals surface area contributed by atoms with Crippen LogP contribution in [-0.4, -0.2) is 19.3 Å². The van der Waals surface area contributed by atoms with Crippen molar-refractivity contribution in [3.05, 3.63) is 46.5 Å². The summed E-state index contributed by atoms with van der Waals surface area (Å²) in [4.78, 5) is 16.6. The van der Waals surface area contributed by atoms with Crippen molar-refractivity contribution < 1.29 is 4.52 Å². The van der Waals surface area contributed by atoms with E-state index < -0.39 is 0 Å². The van der Waals surface area contributed by atoms with Crippen LogP contribution < -0.4 is 5.69 Å². The van der Waals surface area contributed by atoms with Gasteiger partial charge >= 0.3 is 5.69 Å². The Morgan fingerprint density at radius 3 is 2.75 bits per heavy atom. The van der Waals surface area contributed by atoms with Crippen LogP contribution in [0, 0.1) is 0 Å². The zero-order valence-electron chi connectivity index (χ0n) is 11.5. The molecule has 0 amide bonds. The molecule has 0 bridgehead atoms. The first-order valence-corrected chi connectivity index (χ1v) is 6.66. The molecular formula is C14H16N4O2. The van der Waals surface area contributed by atoms with E-state index >= 15 is 0 Å². The van der Waals surface area contributed by atoms with Crippen molar-refractivity contribution in [2.75, 3.05) is 0 Å². The Bertz CT molecular complexity index is 797. The highest BCUT2D eigenvalue weighted by Gasteiger charge is 2.13. The van der Waals surface area contributed by atoms with Crippen LogP contribution in [0.2, 0.25) is 0 Å². The lowest BCUT2D eigenvalue weighted by Gasteiger charge is -1.97. The van der Waals surface area contributed by atoms with Gasteiger partial charge in [-0.2, -0.15) is 4.98 Å². The van der Waals surface area contributed by atoms with Crippen LogP contribution in [0.25, 0.3) is 11.0 Å². The fraction of sp³-hybridized carbons (Fsp3) is 0.357. The van der Waals surface area contributed by atoms with Crippen molar-refractivity contribution in [2.24, 2.45) is 7.05 Å². The van der Waals surface area contributed by atoms with Crippen LogP contribution in [0.3, 0.4) is 0 Å². The average Bonchev–Trinajstić information content (AvgIpc) is 2.99. The monoisotopic (exact) mass is 272 g/mol. The molecule has 6 nitrogen and oxygen atoms in total. The topological polar surface area (TPSA) is 65.8 Å². The lowest BCUT2D eigenvalue weighted by Crippen LogP contribution is -2.22. The molecule has 0 aliphatic rings. The van der Waals surface area contributed by atoms with Crippen LogP contribution in [0.4, 0.5) is 0 Å². The predicted octanol–water partition coefficient (Wildman–Crippen LogP) is 1.72. The third-order valence-corrected chi connectivity index (χ3v) is 3.33. The molecule has 3 aromatic rings. The quantitative estimate of drug-likeness (QED) is 0.725. The van der Waals surface area contributed by atoms with Gasteiger partial charge in [-0.25, -0.2) is 4.79 Å². The fourth-order valence-corrected chi connectivity index (χ4v) is 2.33. The molecule has 6 heteroatoms. The molecule has 20 heavy (non-hydrogen) atoms. The number of fused-ring (bicyclic) bond motifs is 1. The summed E-state index contributed by atoms with van der Waals surface area (Å²) in [5.41, 5.74) is 1.68. The molecule has 2 aromatic heterocycles. The van der Waals surface area contributed by atoms with Gasteiger partial charge in [-0.1, -0.05) is 24.2 Å². The highest BCUT2D eigenvalue weighted by Crippen LogP contribution is 2.13. The Labute approximate surface area is 115 Å². The first-order chi connectivity index (χ1) is 9.70. The Balaban J connectivity index is 2.02. The fourth-order valence-electron chi connectivity index (χ4n) is 2.33. The van der Waals surface area contributed by atoms with Crippen LogP contribution in [-0.2, 0) is 20.0 Å². The molecule has 104 valence electrons. The summed E-state index contributed by atoms with van der Waals surface area (Å²) in [6, 6.07) is 7.66. The smallest absolute Gasteiger partial charge is 0.329 e. The zero-order chi connectivity index (χ0) is 14.1. The second-order valence-electron chi connectivity index (χ2n) is 4.77. The van der Waals surface area contributed by atoms with Gasteiger partial charge in [-0.3, -0.25) is 9.13 Å². The van der Waals surface area contributed by atoms with Gasteiger partial charge in [-0.15, -0.1) is 0 Å². The van der Waals surface area contributed by atoms with E-state index in [4.69, 9.17) is 4.52 Å². The standard InChI is InChI=1S/C14H16N4O2/c1-3-6-12-15-13(20-16-12)9-18-11-8-5-4-7-10(11)17(2)14(18)19/h4-5,7-8H,3,6,9H2,1-2H3. The molecule has 2 heterocycles. The van der Waals surface area contributed by atoms with E-state index in [1.165, 1.54) is 0 Å². The van der Waals surface area contributed by atoms with Crippen LogP contribution in [0.15, 0.2) is 33.6 Å². The number of hydrogen-bond donors (Lipinski definition) is 0. The van der Waals surface area contributed by atoms with Crippen LogP contribution in [0.1, 0.15) is 25.1 Å². The predicted molar refractivity (Wildman–Crippen MR) is 74.6 cm³/mol. The van der Waals surface area contributed by atoms with E-state index in [9.17, 15) is 4.79 Å². The van der Waals surface area contributed by atoms with Gasteiger partial charge in [-0.05, 0) is 18.6 Å². The highest BCUT2D eigenvalue weighted by molar-refractivity contribution is 5.75. The summed E-state index contributed by atoms with van der Waals surface area (Å²) in [6.45, 7) is 2.36. The molecule has 0 fully saturated rings. The minimum absolute atomic E-state index is 0.0820. The lowest BCUT2D eigenvalue weighted by molar-refractivity contribution is 0.365.